The van der Waals surface area contributed by atoms with E-state index in [1.807, 2.05) is 62.3 Å². The fourth-order valence-corrected chi connectivity index (χ4v) is 9.78. The Kier molecular flexibility index (Phi) is 11.8. The summed E-state index contributed by atoms with van der Waals surface area (Å²) in [4.78, 5) is 65.3. The van der Waals surface area contributed by atoms with Crippen LogP contribution in [0.4, 0.5) is 5.82 Å². The molecule has 312 valence electrons. The molecule has 0 spiro atoms. The predicted molar refractivity (Wildman–Crippen MR) is 217 cm³/mol. The number of fused-ring (bicyclic) bond motifs is 3. The molecule has 14 heteroatoms. The smallest absolute Gasteiger partial charge is 0.307 e. The first kappa shape index (κ1) is 42.4. The Morgan fingerprint density at radius 1 is 1.09 bits per heavy atom. The summed E-state index contributed by atoms with van der Waals surface area (Å²) in [6.45, 7) is 11.1. The van der Waals surface area contributed by atoms with Crippen LogP contribution in [0.5, 0.6) is 11.6 Å². The molecule has 2 amide bonds. The van der Waals surface area contributed by atoms with Crippen LogP contribution in [0.3, 0.4) is 0 Å². The molecule has 2 aliphatic carbocycles. The third-order valence-corrected chi connectivity index (χ3v) is 14.5. The Balaban J connectivity index is 1.37. The molecule has 2 aliphatic heterocycles. The van der Waals surface area contributed by atoms with Gasteiger partial charge in [0.2, 0.25) is 27.7 Å². The summed E-state index contributed by atoms with van der Waals surface area (Å²) in [6.07, 6.45) is 6.46. The molecular weight excluding hydrogens is 749 g/mol. The summed E-state index contributed by atoms with van der Waals surface area (Å²) in [6, 6.07) is 6.50. The number of ether oxygens (including phenoxy) is 3. The first-order valence-corrected chi connectivity index (χ1v) is 21.7. The van der Waals surface area contributed by atoms with Crippen LogP contribution in [-0.4, -0.2) is 92.1 Å². The van der Waals surface area contributed by atoms with Crippen LogP contribution in [0.2, 0.25) is 0 Å². The molecule has 1 unspecified atom stereocenters. The number of aromatic nitrogens is 1. The minimum atomic E-state index is -3.96. The lowest BCUT2D eigenvalue weighted by Gasteiger charge is -2.32. The van der Waals surface area contributed by atoms with Gasteiger partial charge in [0.1, 0.15) is 23.3 Å². The molecule has 1 saturated heterocycles. The zero-order valence-corrected chi connectivity index (χ0v) is 35.7. The van der Waals surface area contributed by atoms with E-state index in [9.17, 15) is 27.6 Å². The number of hydrogen-bond donors (Lipinski definition) is 1. The molecule has 4 aliphatic rings. The molecule has 13 nitrogen and oxygen atoms in total. The first-order chi connectivity index (χ1) is 26.6. The van der Waals surface area contributed by atoms with Crippen LogP contribution in [-0.2, 0) is 33.9 Å². The molecule has 2 saturated carbocycles. The van der Waals surface area contributed by atoms with E-state index in [2.05, 4.69) is 11.6 Å². The quantitative estimate of drug-likeness (QED) is 0.234. The van der Waals surface area contributed by atoms with Crippen molar-refractivity contribution in [1.82, 2.24) is 14.6 Å². The van der Waals surface area contributed by atoms with Crippen LogP contribution in [0.1, 0.15) is 99.3 Å². The van der Waals surface area contributed by atoms with Crippen molar-refractivity contribution in [2.75, 3.05) is 32.6 Å². The zero-order valence-electron chi connectivity index (χ0n) is 34.9. The lowest BCUT2D eigenvalue weighted by Crippen LogP contribution is -2.48. The van der Waals surface area contributed by atoms with Gasteiger partial charge in [-0.25, -0.2) is 8.42 Å². The number of amides is 2. The second kappa shape index (κ2) is 15.9. The highest BCUT2D eigenvalue weighted by atomic mass is 32.2. The number of allylic oxidation sites excluding steroid dienone is 2. The highest BCUT2D eigenvalue weighted by molar-refractivity contribution is 7.91. The van der Waals surface area contributed by atoms with E-state index in [4.69, 9.17) is 19.2 Å². The standard InChI is InChI=1S/C43H60N4O9S/c1-26-12-10-11-13-29-23-43(29,40(51)45-57(52,53)42(6)16-17-42)24-35(48)34-21-31(25-47(34)39(50)33(27(2)18-26)22-37(49)56-41(3,4)5)55-38-32-15-14-30(54-9)19-28(32)20-36(44-38)46(7)8/h11,13-15,19-20,26-27,29,31,33-34H,10,12,16-18,21-25H2,1-9H3,(H,45,51)/b13-11-/t26?,27-,29-,31-,33+,34+,43-/m1/s1. The van der Waals surface area contributed by atoms with Crippen molar-refractivity contribution in [2.24, 2.45) is 29.1 Å². The average Bonchev–Trinajstić information content (AvgIpc) is 4.00. The third kappa shape index (κ3) is 9.26. The maximum atomic E-state index is 15.0. The molecular formula is C43H60N4O9S. The number of nitrogens with one attached hydrogen (secondary N) is 1. The van der Waals surface area contributed by atoms with Crippen LogP contribution >= 0.6 is 0 Å². The van der Waals surface area contributed by atoms with Gasteiger partial charge in [-0.15, -0.1) is 0 Å². The number of carbonyl (C=O) groups is 4. The number of carbonyl (C=O) groups excluding carboxylic acids is 4. The molecule has 1 aromatic heterocycles. The minimum absolute atomic E-state index is 0.0448. The molecule has 3 heterocycles. The summed E-state index contributed by atoms with van der Waals surface area (Å²) < 4.78 is 45.7. The Bertz CT molecular complexity index is 2040. The number of Topliss-reactive ketones (excluding diaryl/α,β-unsaturated/α-hetero) is 1. The Hall–Kier alpha value is -4.20. The van der Waals surface area contributed by atoms with Gasteiger partial charge in [-0.1, -0.05) is 26.0 Å². The second-order valence-corrected chi connectivity index (χ2v) is 20.7. The minimum Gasteiger partial charge on any atom is -0.497 e. The van der Waals surface area contributed by atoms with Crippen molar-refractivity contribution in [1.29, 1.82) is 0 Å². The normalized spacial score (nSPS) is 29.6. The van der Waals surface area contributed by atoms with Gasteiger partial charge in [0.25, 0.3) is 0 Å². The van der Waals surface area contributed by atoms with Crippen LogP contribution in [0.15, 0.2) is 36.4 Å². The van der Waals surface area contributed by atoms with E-state index >= 15 is 0 Å². The number of anilines is 1. The number of nitrogens with zero attached hydrogens (tertiary/aromatic N) is 3. The predicted octanol–water partition coefficient (Wildman–Crippen LogP) is 5.98. The van der Waals surface area contributed by atoms with Gasteiger partial charge in [-0.2, -0.15) is 4.98 Å². The highest BCUT2D eigenvalue weighted by Crippen LogP contribution is 2.58. The number of methoxy groups -OCH3 is 1. The molecule has 7 atom stereocenters. The number of sulfonamides is 1. The fraction of sp³-hybridized carbons (Fsp3) is 0.651. The second-order valence-electron chi connectivity index (χ2n) is 18.5. The maximum absolute atomic E-state index is 15.0. The highest BCUT2D eigenvalue weighted by Gasteiger charge is 2.62. The van der Waals surface area contributed by atoms with E-state index in [1.165, 1.54) is 4.90 Å². The van der Waals surface area contributed by atoms with Gasteiger partial charge in [0, 0.05) is 32.3 Å². The third-order valence-electron chi connectivity index (χ3n) is 12.3. The SMILES string of the molecule is COc1ccc2c(O[C@@H]3C[C@H]4C(=O)C[C@]5(C(=O)NS(=O)(=O)C6(C)CC6)C[C@H]5/C=C\CCC(C)C[C@@H](C)[C@H](CC(=O)OC(C)(C)C)C(=O)N4C3)nc(N(C)C)cc2c1. The number of rotatable bonds is 9. The van der Waals surface area contributed by atoms with Crippen molar-refractivity contribution < 1.29 is 41.8 Å². The summed E-state index contributed by atoms with van der Waals surface area (Å²) in [5.74, 6) is -1.37. The lowest BCUT2D eigenvalue weighted by atomic mass is 9.82. The average molecular weight is 809 g/mol. The van der Waals surface area contributed by atoms with Gasteiger partial charge in [-0.3, -0.25) is 23.9 Å². The summed E-state index contributed by atoms with van der Waals surface area (Å²) >= 11 is 0. The van der Waals surface area contributed by atoms with Crippen LogP contribution in [0.25, 0.3) is 10.8 Å². The van der Waals surface area contributed by atoms with Gasteiger partial charge < -0.3 is 24.0 Å². The van der Waals surface area contributed by atoms with Crippen LogP contribution in [0, 0.1) is 29.1 Å². The van der Waals surface area contributed by atoms with Crippen molar-refractivity contribution >= 4 is 50.2 Å². The van der Waals surface area contributed by atoms with E-state index in [1.54, 1.807) is 34.8 Å². The molecule has 3 fully saturated rings. The van der Waals surface area contributed by atoms with E-state index in [0.29, 0.717) is 43.1 Å². The van der Waals surface area contributed by atoms with Crippen molar-refractivity contribution in [3.05, 3.63) is 36.4 Å². The van der Waals surface area contributed by atoms with Crippen molar-refractivity contribution in [3.8, 4) is 11.6 Å². The monoisotopic (exact) mass is 808 g/mol. The number of pyridine rings is 1. The van der Waals surface area contributed by atoms with E-state index in [0.717, 1.165) is 23.6 Å². The Morgan fingerprint density at radius 3 is 2.46 bits per heavy atom. The first-order valence-electron chi connectivity index (χ1n) is 20.3. The Labute approximate surface area is 337 Å². The fourth-order valence-electron chi connectivity index (χ4n) is 8.44. The van der Waals surface area contributed by atoms with Crippen molar-refractivity contribution in [2.45, 2.75) is 122 Å². The number of benzene rings is 1. The largest absolute Gasteiger partial charge is 0.497 e. The molecule has 2 aromatic rings. The summed E-state index contributed by atoms with van der Waals surface area (Å²) in [5.41, 5.74) is -2.03. The van der Waals surface area contributed by atoms with Crippen molar-refractivity contribution in [3.63, 3.8) is 0 Å². The van der Waals surface area contributed by atoms with E-state index in [-0.39, 0.29) is 55.3 Å². The topological polar surface area (TPSA) is 162 Å². The maximum Gasteiger partial charge on any atom is 0.307 e. The number of esters is 1. The number of ketones is 1. The van der Waals surface area contributed by atoms with Gasteiger partial charge in [-0.05, 0) is 114 Å². The molecule has 0 bridgehead atoms. The lowest BCUT2D eigenvalue weighted by molar-refractivity contribution is -0.160. The molecule has 1 aromatic carbocycles. The number of hydrogen-bond acceptors (Lipinski definition) is 11. The van der Waals surface area contributed by atoms with Gasteiger partial charge >= 0.3 is 5.97 Å². The Morgan fingerprint density at radius 2 is 1.81 bits per heavy atom. The van der Waals surface area contributed by atoms with Gasteiger partial charge in [0.05, 0.1) is 42.2 Å². The summed E-state index contributed by atoms with van der Waals surface area (Å²) in [5, 5.41) is 1.56. The molecule has 6 rings (SSSR count). The van der Waals surface area contributed by atoms with Crippen LogP contribution < -0.4 is 19.1 Å². The van der Waals surface area contributed by atoms with Gasteiger partial charge in [0.15, 0.2) is 5.78 Å². The summed E-state index contributed by atoms with van der Waals surface area (Å²) in [7, 11) is 1.38. The molecule has 1 N–H and O–H groups in total. The molecule has 0 radical (unpaired) electrons. The van der Waals surface area contributed by atoms with E-state index < -0.39 is 55.7 Å². The zero-order chi connectivity index (χ0) is 41.7. The molecule has 57 heavy (non-hydrogen) atoms.